The average molecular weight is 170 g/mol. The summed E-state index contributed by atoms with van der Waals surface area (Å²) < 4.78 is 0. The summed E-state index contributed by atoms with van der Waals surface area (Å²) >= 11 is 0. The summed E-state index contributed by atoms with van der Waals surface area (Å²) in [5.74, 6) is 0. The first-order chi connectivity index (χ1) is 5.65. The van der Waals surface area contributed by atoms with E-state index in [0.29, 0.717) is 12.1 Å². The molecule has 0 amide bonds. The van der Waals surface area contributed by atoms with Crippen LogP contribution in [0.5, 0.6) is 0 Å². The molecule has 0 spiro atoms. The second-order valence-electron chi connectivity index (χ2n) is 4.16. The number of hydrogen-bond donors (Lipinski definition) is 1. The smallest absolute Gasteiger partial charge is 0.0221 e. The van der Waals surface area contributed by atoms with Gasteiger partial charge >= 0.3 is 0 Å². The van der Waals surface area contributed by atoms with Gasteiger partial charge in [0.1, 0.15) is 0 Å². The molecule has 1 saturated heterocycles. The largest absolute Gasteiger partial charge is 0.311 e. The molecule has 0 aromatic carbocycles. The molecule has 2 atom stereocenters. The van der Waals surface area contributed by atoms with E-state index in [0.717, 1.165) is 12.6 Å². The molecule has 1 heterocycles. The summed E-state index contributed by atoms with van der Waals surface area (Å²) in [6.45, 7) is 11.5. The quantitative estimate of drug-likeness (QED) is 0.675. The number of nitrogens with zero attached hydrogens (tertiary/aromatic N) is 1. The van der Waals surface area contributed by atoms with Crippen molar-refractivity contribution in [3.63, 3.8) is 0 Å². The highest BCUT2D eigenvalue weighted by Gasteiger charge is 2.25. The molecular formula is C10H22N2. The van der Waals surface area contributed by atoms with Gasteiger partial charge in [-0.05, 0) is 27.2 Å². The lowest BCUT2D eigenvalue weighted by Gasteiger charge is -2.41. The highest BCUT2D eigenvalue weighted by molar-refractivity contribution is 4.84. The molecule has 72 valence electrons. The predicted molar refractivity (Wildman–Crippen MR) is 53.4 cm³/mol. The maximum absolute atomic E-state index is 3.53. The Morgan fingerprint density at radius 3 is 2.67 bits per heavy atom. The molecule has 0 bridgehead atoms. The Kier molecular flexibility index (Phi) is 3.53. The van der Waals surface area contributed by atoms with Gasteiger partial charge in [0.05, 0.1) is 0 Å². The maximum atomic E-state index is 3.53. The van der Waals surface area contributed by atoms with E-state index < -0.39 is 0 Å². The summed E-state index contributed by atoms with van der Waals surface area (Å²) in [4.78, 5) is 2.61. The van der Waals surface area contributed by atoms with Gasteiger partial charge < -0.3 is 5.32 Å². The lowest BCUT2D eigenvalue weighted by atomic mass is 10.1. The highest BCUT2D eigenvalue weighted by atomic mass is 15.2. The van der Waals surface area contributed by atoms with Crippen LogP contribution in [0.25, 0.3) is 0 Å². The number of hydrogen-bond acceptors (Lipinski definition) is 2. The second kappa shape index (κ2) is 4.24. The Hall–Kier alpha value is -0.0800. The van der Waals surface area contributed by atoms with E-state index in [1.807, 2.05) is 0 Å². The Bertz CT molecular complexity index is 134. The molecular weight excluding hydrogens is 148 g/mol. The first kappa shape index (κ1) is 10.0. The van der Waals surface area contributed by atoms with Crippen LogP contribution in [0, 0.1) is 0 Å². The van der Waals surface area contributed by atoms with Crippen molar-refractivity contribution >= 4 is 0 Å². The van der Waals surface area contributed by atoms with E-state index in [9.17, 15) is 0 Å². The normalized spacial score (nSPS) is 32.8. The third kappa shape index (κ3) is 2.20. The Morgan fingerprint density at radius 2 is 2.17 bits per heavy atom. The average Bonchev–Trinajstić information content (AvgIpc) is 2.04. The van der Waals surface area contributed by atoms with Gasteiger partial charge in [0.2, 0.25) is 0 Å². The van der Waals surface area contributed by atoms with Crippen LogP contribution in [-0.4, -0.2) is 36.1 Å². The van der Waals surface area contributed by atoms with Crippen LogP contribution in [0.15, 0.2) is 0 Å². The van der Waals surface area contributed by atoms with Crippen LogP contribution in [0.2, 0.25) is 0 Å². The molecule has 0 aromatic rings. The van der Waals surface area contributed by atoms with Crippen molar-refractivity contribution in [2.45, 2.75) is 52.2 Å². The lowest BCUT2D eigenvalue weighted by Crippen LogP contribution is -2.57. The molecule has 0 saturated carbocycles. The van der Waals surface area contributed by atoms with Crippen molar-refractivity contribution in [2.75, 3.05) is 13.1 Å². The maximum Gasteiger partial charge on any atom is 0.0221 e. The van der Waals surface area contributed by atoms with Crippen LogP contribution >= 0.6 is 0 Å². The summed E-state index contributed by atoms with van der Waals surface area (Å²) in [6, 6.07) is 2.11. The van der Waals surface area contributed by atoms with Gasteiger partial charge in [-0.25, -0.2) is 0 Å². The predicted octanol–water partition coefficient (Wildman–Crippen LogP) is 1.47. The SMILES string of the molecule is CC[C@H]1CN[C@@H](C)CN1C(C)C. The molecule has 12 heavy (non-hydrogen) atoms. The molecule has 1 rings (SSSR count). The number of nitrogens with one attached hydrogen (secondary N) is 1. The van der Waals surface area contributed by atoms with Crippen molar-refractivity contribution in [1.82, 2.24) is 10.2 Å². The van der Waals surface area contributed by atoms with Gasteiger partial charge in [-0.3, -0.25) is 4.90 Å². The van der Waals surface area contributed by atoms with Crippen LogP contribution in [-0.2, 0) is 0 Å². The zero-order valence-electron chi connectivity index (χ0n) is 8.80. The lowest BCUT2D eigenvalue weighted by molar-refractivity contribution is 0.0986. The summed E-state index contributed by atoms with van der Waals surface area (Å²) in [5.41, 5.74) is 0. The summed E-state index contributed by atoms with van der Waals surface area (Å²) in [7, 11) is 0. The summed E-state index contributed by atoms with van der Waals surface area (Å²) in [6.07, 6.45) is 1.26. The topological polar surface area (TPSA) is 15.3 Å². The van der Waals surface area contributed by atoms with Crippen LogP contribution < -0.4 is 5.32 Å². The first-order valence-electron chi connectivity index (χ1n) is 5.14. The Balaban J connectivity index is 2.52. The van der Waals surface area contributed by atoms with E-state index in [-0.39, 0.29) is 0 Å². The minimum Gasteiger partial charge on any atom is -0.311 e. The van der Waals surface area contributed by atoms with Crippen LogP contribution in [0.4, 0.5) is 0 Å². The van der Waals surface area contributed by atoms with E-state index in [1.165, 1.54) is 13.0 Å². The second-order valence-corrected chi connectivity index (χ2v) is 4.16. The zero-order chi connectivity index (χ0) is 9.14. The fraction of sp³-hybridized carbons (Fsp3) is 1.00. The van der Waals surface area contributed by atoms with E-state index in [2.05, 4.69) is 37.9 Å². The zero-order valence-corrected chi connectivity index (χ0v) is 8.80. The highest BCUT2D eigenvalue weighted by Crippen LogP contribution is 2.13. The minimum atomic E-state index is 0.662. The fourth-order valence-corrected chi connectivity index (χ4v) is 2.00. The van der Waals surface area contributed by atoms with E-state index >= 15 is 0 Å². The van der Waals surface area contributed by atoms with Gasteiger partial charge in [0.25, 0.3) is 0 Å². The Labute approximate surface area is 76.3 Å². The molecule has 1 aliphatic rings. The minimum absolute atomic E-state index is 0.662. The molecule has 0 radical (unpaired) electrons. The molecule has 2 heteroatoms. The van der Waals surface area contributed by atoms with Gasteiger partial charge in [-0.15, -0.1) is 0 Å². The first-order valence-corrected chi connectivity index (χ1v) is 5.14. The van der Waals surface area contributed by atoms with Gasteiger partial charge in [-0.2, -0.15) is 0 Å². The van der Waals surface area contributed by atoms with E-state index in [4.69, 9.17) is 0 Å². The van der Waals surface area contributed by atoms with Gasteiger partial charge in [0, 0.05) is 31.2 Å². The molecule has 2 nitrogen and oxygen atoms in total. The van der Waals surface area contributed by atoms with Crippen molar-refractivity contribution in [1.29, 1.82) is 0 Å². The monoisotopic (exact) mass is 170 g/mol. The molecule has 0 unspecified atom stereocenters. The third-order valence-corrected chi connectivity index (χ3v) is 2.79. The van der Waals surface area contributed by atoms with Crippen molar-refractivity contribution in [3.05, 3.63) is 0 Å². The van der Waals surface area contributed by atoms with Crippen LogP contribution in [0.3, 0.4) is 0 Å². The molecule has 1 aliphatic heterocycles. The number of piperazine rings is 1. The fourth-order valence-electron chi connectivity index (χ4n) is 2.00. The molecule has 1 fully saturated rings. The molecule has 0 aliphatic carbocycles. The standard InChI is InChI=1S/C10H22N2/c1-5-10-6-11-9(4)7-12(10)8(2)3/h8-11H,5-7H2,1-4H3/t9-,10-/m0/s1. The number of rotatable bonds is 2. The Morgan fingerprint density at radius 1 is 1.50 bits per heavy atom. The van der Waals surface area contributed by atoms with Crippen molar-refractivity contribution in [3.8, 4) is 0 Å². The van der Waals surface area contributed by atoms with Gasteiger partial charge in [0.15, 0.2) is 0 Å². The van der Waals surface area contributed by atoms with Crippen molar-refractivity contribution in [2.24, 2.45) is 0 Å². The van der Waals surface area contributed by atoms with Crippen LogP contribution in [0.1, 0.15) is 34.1 Å². The molecule has 0 aromatic heterocycles. The molecule has 1 N–H and O–H groups in total. The van der Waals surface area contributed by atoms with Crippen molar-refractivity contribution < 1.29 is 0 Å². The summed E-state index contributed by atoms with van der Waals surface area (Å²) in [5, 5.41) is 3.53. The van der Waals surface area contributed by atoms with Gasteiger partial charge in [-0.1, -0.05) is 6.92 Å². The third-order valence-electron chi connectivity index (χ3n) is 2.79. The van der Waals surface area contributed by atoms with E-state index in [1.54, 1.807) is 0 Å².